The van der Waals surface area contributed by atoms with Gasteiger partial charge in [-0.3, -0.25) is 4.79 Å². The lowest BCUT2D eigenvalue weighted by Gasteiger charge is -2.52. The van der Waals surface area contributed by atoms with Gasteiger partial charge in [-0.25, -0.2) is 0 Å². The molecule has 0 spiro atoms. The minimum Gasteiger partial charge on any atom is -0.493 e. The lowest BCUT2D eigenvalue weighted by molar-refractivity contribution is -0.190. The monoisotopic (exact) mass is 458 g/mol. The first kappa shape index (κ1) is 21.7. The Hall–Kier alpha value is -3.17. The number of hydrogen-bond acceptors (Lipinski definition) is 9. The summed E-state index contributed by atoms with van der Waals surface area (Å²) in [6.45, 7) is 0.413. The van der Waals surface area contributed by atoms with Gasteiger partial charge in [0.15, 0.2) is 23.0 Å². The fourth-order valence-corrected chi connectivity index (χ4v) is 5.44. The SMILES string of the molecule is COC(=O)[C@H]1[C@H]2CCOC1(c1cc(OC)c(OC)c(OC)c1)c1cc3c(cc1[C@H]2O)OCO3. The van der Waals surface area contributed by atoms with Crippen LogP contribution in [0, 0.1) is 11.8 Å². The van der Waals surface area contributed by atoms with Crippen molar-refractivity contribution in [3.8, 4) is 28.7 Å². The molecule has 33 heavy (non-hydrogen) atoms. The van der Waals surface area contributed by atoms with Gasteiger partial charge in [0.25, 0.3) is 0 Å². The highest BCUT2D eigenvalue weighted by atomic mass is 16.7. The summed E-state index contributed by atoms with van der Waals surface area (Å²) in [7, 11) is 5.91. The highest BCUT2D eigenvalue weighted by molar-refractivity contribution is 5.78. The third kappa shape index (κ3) is 2.95. The van der Waals surface area contributed by atoms with E-state index in [0.29, 0.717) is 58.5 Å². The van der Waals surface area contributed by atoms with E-state index in [0.717, 1.165) is 0 Å². The van der Waals surface area contributed by atoms with Gasteiger partial charge < -0.3 is 38.3 Å². The van der Waals surface area contributed by atoms with Crippen LogP contribution in [-0.2, 0) is 19.9 Å². The average molecular weight is 458 g/mol. The topological polar surface area (TPSA) is 102 Å². The van der Waals surface area contributed by atoms with Gasteiger partial charge in [0, 0.05) is 12.5 Å². The first-order valence-electron chi connectivity index (χ1n) is 10.6. The molecule has 2 bridgehead atoms. The molecule has 0 amide bonds. The Labute approximate surface area is 191 Å². The van der Waals surface area contributed by atoms with Crippen LogP contribution in [0.5, 0.6) is 28.7 Å². The molecule has 0 radical (unpaired) electrons. The molecule has 2 aromatic carbocycles. The zero-order valence-corrected chi connectivity index (χ0v) is 18.9. The Morgan fingerprint density at radius 1 is 1.00 bits per heavy atom. The van der Waals surface area contributed by atoms with Crippen molar-refractivity contribution in [3.63, 3.8) is 0 Å². The van der Waals surface area contributed by atoms with Crippen LogP contribution in [0.25, 0.3) is 0 Å². The van der Waals surface area contributed by atoms with Gasteiger partial charge in [-0.15, -0.1) is 0 Å². The summed E-state index contributed by atoms with van der Waals surface area (Å²) in [6, 6.07) is 7.09. The molecule has 4 atom stereocenters. The van der Waals surface area contributed by atoms with Crippen LogP contribution in [0.1, 0.15) is 29.2 Å². The summed E-state index contributed by atoms with van der Waals surface area (Å²) < 4.78 is 39.5. The Morgan fingerprint density at radius 3 is 2.27 bits per heavy atom. The van der Waals surface area contributed by atoms with E-state index in [1.54, 1.807) is 24.3 Å². The largest absolute Gasteiger partial charge is 0.493 e. The number of methoxy groups -OCH3 is 4. The number of ether oxygens (including phenoxy) is 7. The maximum absolute atomic E-state index is 13.2. The molecule has 1 N–H and O–H groups in total. The normalized spacial score (nSPS) is 26.9. The molecule has 1 aliphatic carbocycles. The van der Waals surface area contributed by atoms with E-state index in [1.165, 1.54) is 28.4 Å². The molecule has 2 aromatic rings. The predicted octanol–water partition coefficient (Wildman–Crippen LogP) is 2.56. The van der Waals surface area contributed by atoms with Crippen LogP contribution in [-0.4, -0.2) is 52.9 Å². The molecule has 1 saturated heterocycles. The first-order chi connectivity index (χ1) is 16.0. The molecule has 1 unspecified atom stereocenters. The fraction of sp³-hybridized carbons (Fsp3) is 0.458. The molecule has 0 aromatic heterocycles. The lowest BCUT2D eigenvalue weighted by Crippen LogP contribution is -2.56. The zero-order valence-electron chi connectivity index (χ0n) is 18.9. The highest BCUT2D eigenvalue weighted by Gasteiger charge is 2.60. The van der Waals surface area contributed by atoms with Crippen LogP contribution in [0.15, 0.2) is 24.3 Å². The second kappa shape index (κ2) is 8.00. The standard InChI is InChI=1S/C24H26O9/c1-27-18-7-12(8-19(28-2)22(18)29-3)24-15-10-17-16(31-11-32-17)9-14(15)21(25)13(5-6-33-24)20(24)23(26)30-4/h7-10,13,20-21,25H,5-6,11H2,1-4H3/t13-,20-,21+,24?/m1/s1. The summed E-state index contributed by atoms with van der Waals surface area (Å²) >= 11 is 0. The number of aliphatic hydroxyl groups excluding tert-OH is 1. The summed E-state index contributed by atoms with van der Waals surface area (Å²) in [4.78, 5) is 13.2. The molecule has 0 saturated carbocycles. The summed E-state index contributed by atoms with van der Waals surface area (Å²) in [6.07, 6.45) is -0.418. The van der Waals surface area contributed by atoms with Crippen molar-refractivity contribution in [3.05, 3.63) is 41.0 Å². The number of hydrogen-bond donors (Lipinski definition) is 1. The predicted molar refractivity (Wildman–Crippen MR) is 114 cm³/mol. The molecule has 1 fully saturated rings. The molecule has 2 heterocycles. The minimum atomic E-state index is -1.28. The molecule has 5 rings (SSSR count). The Kier molecular flexibility index (Phi) is 5.25. The highest BCUT2D eigenvalue weighted by Crippen LogP contribution is 2.60. The van der Waals surface area contributed by atoms with Crippen molar-refractivity contribution < 1.29 is 43.1 Å². The number of carbonyl (C=O) groups excluding carboxylic acids is 1. The number of aliphatic hydroxyl groups is 1. The van der Waals surface area contributed by atoms with Crippen molar-refractivity contribution >= 4 is 5.97 Å². The molecule has 176 valence electrons. The van der Waals surface area contributed by atoms with Gasteiger partial charge in [0.05, 0.1) is 40.5 Å². The molecular weight excluding hydrogens is 432 g/mol. The van der Waals surface area contributed by atoms with Gasteiger partial charge >= 0.3 is 5.97 Å². The Balaban J connectivity index is 1.84. The van der Waals surface area contributed by atoms with Crippen LogP contribution in [0.4, 0.5) is 0 Å². The van der Waals surface area contributed by atoms with Crippen molar-refractivity contribution in [1.29, 1.82) is 0 Å². The maximum atomic E-state index is 13.2. The number of benzene rings is 2. The van der Waals surface area contributed by atoms with Crippen LogP contribution < -0.4 is 23.7 Å². The minimum absolute atomic E-state index is 0.0796. The summed E-state index contributed by atoms with van der Waals surface area (Å²) in [5.74, 6) is 0.596. The van der Waals surface area contributed by atoms with Crippen LogP contribution in [0.2, 0.25) is 0 Å². The lowest BCUT2D eigenvalue weighted by atomic mass is 9.60. The van der Waals surface area contributed by atoms with Gasteiger partial charge in [-0.1, -0.05) is 0 Å². The van der Waals surface area contributed by atoms with Gasteiger partial charge in [-0.05, 0) is 47.4 Å². The number of fused-ring (bicyclic) bond motifs is 5. The molecule has 9 heteroatoms. The van der Waals surface area contributed by atoms with Gasteiger partial charge in [-0.2, -0.15) is 0 Å². The third-order valence-electron chi connectivity index (χ3n) is 6.86. The van der Waals surface area contributed by atoms with Gasteiger partial charge in [0.2, 0.25) is 12.5 Å². The first-order valence-corrected chi connectivity index (χ1v) is 10.6. The smallest absolute Gasteiger partial charge is 0.312 e. The molecule has 2 aliphatic heterocycles. The Bertz CT molecular complexity index is 1070. The average Bonchev–Trinajstić information content (AvgIpc) is 3.32. The van der Waals surface area contributed by atoms with Crippen molar-refractivity contribution in [2.24, 2.45) is 11.8 Å². The van der Waals surface area contributed by atoms with Crippen molar-refractivity contribution in [1.82, 2.24) is 0 Å². The fourth-order valence-electron chi connectivity index (χ4n) is 5.44. The molecular formula is C24H26O9. The van der Waals surface area contributed by atoms with Crippen LogP contribution in [0.3, 0.4) is 0 Å². The van der Waals surface area contributed by atoms with E-state index in [2.05, 4.69) is 0 Å². The number of rotatable bonds is 5. The second-order valence-corrected chi connectivity index (χ2v) is 8.19. The Morgan fingerprint density at radius 2 is 1.67 bits per heavy atom. The number of esters is 1. The van der Waals surface area contributed by atoms with Crippen LogP contribution >= 0.6 is 0 Å². The number of carbonyl (C=O) groups is 1. The van der Waals surface area contributed by atoms with E-state index < -0.39 is 29.5 Å². The van der Waals surface area contributed by atoms with E-state index in [9.17, 15) is 9.90 Å². The third-order valence-corrected chi connectivity index (χ3v) is 6.86. The van der Waals surface area contributed by atoms with E-state index >= 15 is 0 Å². The maximum Gasteiger partial charge on any atom is 0.312 e. The van der Waals surface area contributed by atoms with E-state index in [4.69, 9.17) is 33.2 Å². The zero-order chi connectivity index (χ0) is 23.3. The van der Waals surface area contributed by atoms with E-state index in [1.807, 2.05) is 0 Å². The van der Waals surface area contributed by atoms with Crippen molar-refractivity contribution in [2.45, 2.75) is 18.1 Å². The molecule has 9 nitrogen and oxygen atoms in total. The summed E-state index contributed by atoms with van der Waals surface area (Å²) in [5.41, 5.74) is 0.570. The van der Waals surface area contributed by atoms with Crippen molar-refractivity contribution in [2.75, 3.05) is 41.8 Å². The summed E-state index contributed by atoms with van der Waals surface area (Å²) in [5, 5.41) is 11.3. The quantitative estimate of drug-likeness (QED) is 0.677. The van der Waals surface area contributed by atoms with Gasteiger partial charge in [0.1, 0.15) is 5.60 Å². The van der Waals surface area contributed by atoms with E-state index in [-0.39, 0.29) is 6.79 Å². The second-order valence-electron chi connectivity index (χ2n) is 8.19. The molecule has 3 aliphatic rings.